The molecular formula is C26H23ClN4O. The number of hydrogen-bond donors (Lipinski definition) is 2. The van der Waals surface area contributed by atoms with Crippen LogP contribution in [0.2, 0.25) is 5.02 Å². The topological polar surface area (TPSA) is 66.4 Å². The summed E-state index contributed by atoms with van der Waals surface area (Å²) in [5.74, 6) is 0.493. The summed E-state index contributed by atoms with van der Waals surface area (Å²) >= 11 is 6.24. The molecule has 1 aliphatic rings. The molecular weight excluding hydrogens is 420 g/mol. The molecule has 0 spiro atoms. The molecule has 0 saturated carbocycles. The van der Waals surface area contributed by atoms with Crippen molar-refractivity contribution in [2.24, 2.45) is 4.99 Å². The summed E-state index contributed by atoms with van der Waals surface area (Å²) in [4.78, 5) is 22.2. The highest BCUT2D eigenvalue weighted by molar-refractivity contribution is 6.30. The number of nitrogens with one attached hydrogen (secondary N) is 2. The van der Waals surface area contributed by atoms with E-state index in [2.05, 4.69) is 15.6 Å². The maximum Gasteiger partial charge on any atom is 0.251 e. The zero-order valence-corrected chi connectivity index (χ0v) is 18.4. The predicted octanol–water partition coefficient (Wildman–Crippen LogP) is 4.93. The number of allylic oxidation sites excluding steroid dienone is 1. The second kappa shape index (κ2) is 10.1. The van der Waals surface area contributed by atoms with Crippen molar-refractivity contribution in [1.82, 2.24) is 15.6 Å². The molecule has 160 valence electrons. The molecule has 1 atom stereocenters. The van der Waals surface area contributed by atoms with Crippen LogP contribution in [0.4, 0.5) is 0 Å². The van der Waals surface area contributed by atoms with E-state index in [1.54, 1.807) is 12.4 Å². The van der Waals surface area contributed by atoms with Crippen LogP contribution >= 0.6 is 11.6 Å². The Morgan fingerprint density at radius 1 is 1.12 bits per heavy atom. The Morgan fingerprint density at radius 2 is 1.97 bits per heavy atom. The van der Waals surface area contributed by atoms with E-state index in [9.17, 15) is 4.79 Å². The SMILES string of the molecule is CC1=C(C(=O)NCC=Cc2ccccc2)C(c2cccc(Cl)c2)N=C(c2cccnc2)N1. The third kappa shape index (κ3) is 5.13. The smallest absolute Gasteiger partial charge is 0.251 e. The molecule has 2 aromatic carbocycles. The second-order valence-corrected chi connectivity index (χ2v) is 7.80. The molecule has 0 aliphatic carbocycles. The van der Waals surface area contributed by atoms with E-state index in [1.165, 1.54) is 0 Å². The lowest BCUT2D eigenvalue weighted by atomic mass is 9.95. The van der Waals surface area contributed by atoms with Crippen LogP contribution < -0.4 is 10.6 Å². The first-order valence-corrected chi connectivity index (χ1v) is 10.7. The van der Waals surface area contributed by atoms with Gasteiger partial charge in [0.2, 0.25) is 0 Å². The van der Waals surface area contributed by atoms with Crippen LogP contribution in [0.5, 0.6) is 0 Å². The first kappa shape index (κ1) is 21.5. The van der Waals surface area contributed by atoms with E-state index in [4.69, 9.17) is 16.6 Å². The van der Waals surface area contributed by atoms with Crippen molar-refractivity contribution in [3.05, 3.63) is 118 Å². The number of hydrogen-bond acceptors (Lipinski definition) is 4. The Hall–Kier alpha value is -3.70. The van der Waals surface area contributed by atoms with Crippen LogP contribution in [0.15, 0.2) is 101 Å². The van der Waals surface area contributed by atoms with Crippen molar-refractivity contribution < 1.29 is 4.79 Å². The summed E-state index contributed by atoms with van der Waals surface area (Å²) in [6.07, 6.45) is 7.37. The van der Waals surface area contributed by atoms with Gasteiger partial charge in [-0.05, 0) is 42.3 Å². The second-order valence-electron chi connectivity index (χ2n) is 7.36. The summed E-state index contributed by atoms with van der Waals surface area (Å²) in [6, 6.07) is 20.7. The van der Waals surface area contributed by atoms with Gasteiger partial charge in [-0.2, -0.15) is 0 Å². The monoisotopic (exact) mass is 442 g/mol. The van der Waals surface area contributed by atoms with Crippen molar-refractivity contribution >= 4 is 29.4 Å². The van der Waals surface area contributed by atoms with Crippen LogP contribution in [0.3, 0.4) is 0 Å². The fourth-order valence-corrected chi connectivity index (χ4v) is 3.74. The van der Waals surface area contributed by atoms with Crippen LogP contribution in [0.1, 0.15) is 29.7 Å². The number of aliphatic imine (C=N–C) groups is 1. The molecule has 32 heavy (non-hydrogen) atoms. The maximum atomic E-state index is 13.2. The molecule has 3 aromatic rings. The van der Waals surface area contributed by atoms with Crippen LogP contribution in [0, 0.1) is 0 Å². The van der Waals surface area contributed by atoms with E-state index in [0.29, 0.717) is 23.0 Å². The number of nitrogens with zero attached hydrogens (tertiary/aromatic N) is 2. The average molecular weight is 443 g/mol. The Labute approximate surface area is 192 Å². The Kier molecular flexibility index (Phi) is 6.78. The van der Waals surface area contributed by atoms with Gasteiger partial charge in [0.05, 0.1) is 5.57 Å². The number of pyridine rings is 1. The Morgan fingerprint density at radius 3 is 2.72 bits per heavy atom. The van der Waals surface area contributed by atoms with Gasteiger partial charge in [0.15, 0.2) is 0 Å². The third-order valence-corrected chi connectivity index (χ3v) is 5.31. The summed E-state index contributed by atoms with van der Waals surface area (Å²) < 4.78 is 0. The van der Waals surface area contributed by atoms with Crippen molar-refractivity contribution in [3.8, 4) is 0 Å². The summed E-state index contributed by atoms with van der Waals surface area (Å²) in [5, 5.41) is 6.86. The Bertz CT molecular complexity index is 1190. The fraction of sp³-hybridized carbons (Fsp3) is 0.115. The molecule has 1 aliphatic heterocycles. The normalized spacial score (nSPS) is 15.9. The third-order valence-electron chi connectivity index (χ3n) is 5.08. The number of carbonyl (C=O) groups is 1. The summed E-state index contributed by atoms with van der Waals surface area (Å²) in [7, 11) is 0. The lowest BCUT2D eigenvalue weighted by molar-refractivity contribution is -0.117. The lowest BCUT2D eigenvalue weighted by Crippen LogP contribution is -2.36. The van der Waals surface area contributed by atoms with Gasteiger partial charge in [0, 0.05) is 35.2 Å². The average Bonchev–Trinajstić information content (AvgIpc) is 2.82. The zero-order chi connectivity index (χ0) is 22.3. The highest BCUT2D eigenvalue weighted by Crippen LogP contribution is 2.32. The number of benzene rings is 2. The van der Waals surface area contributed by atoms with Gasteiger partial charge >= 0.3 is 0 Å². The van der Waals surface area contributed by atoms with Crippen molar-refractivity contribution in [2.45, 2.75) is 13.0 Å². The molecule has 0 radical (unpaired) electrons. The van der Waals surface area contributed by atoms with E-state index in [-0.39, 0.29) is 5.91 Å². The lowest BCUT2D eigenvalue weighted by Gasteiger charge is -2.26. The molecule has 5 nitrogen and oxygen atoms in total. The minimum atomic E-state index is -0.483. The molecule has 1 unspecified atom stereocenters. The van der Waals surface area contributed by atoms with Gasteiger partial charge in [0.1, 0.15) is 11.9 Å². The number of rotatable bonds is 6. The van der Waals surface area contributed by atoms with Gasteiger partial charge in [-0.25, -0.2) is 0 Å². The number of carbonyl (C=O) groups excluding carboxylic acids is 1. The summed E-state index contributed by atoms with van der Waals surface area (Å²) in [6.45, 7) is 2.29. The first-order valence-electron chi connectivity index (χ1n) is 10.3. The molecule has 1 aromatic heterocycles. The fourth-order valence-electron chi connectivity index (χ4n) is 3.54. The number of amidine groups is 1. The number of amides is 1. The van der Waals surface area contributed by atoms with Gasteiger partial charge in [0.25, 0.3) is 5.91 Å². The molecule has 2 heterocycles. The molecule has 0 bridgehead atoms. The largest absolute Gasteiger partial charge is 0.349 e. The molecule has 4 rings (SSSR count). The maximum absolute atomic E-state index is 13.2. The van der Waals surface area contributed by atoms with E-state index >= 15 is 0 Å². The molecule has 0 fully saturated rings. The van der Waals surface area contributed by atoms with Gasteiger partial charge < -0.3 is 10.6 Å². The minimum Gasteiger partial charge on any atom is -0.349 e. The van der Waals surface area contributed by atoms with Crippen LogP contribution in [-0.4, -0.2) is 23.3 Å². The van der Waals surface area contributed by atoms with Crippen molar-refractivity contribution in [1.29, 1.82) is 0 Å². The molecule has 1 amide bonds. The molecule has 0 saturated heterocycles. The standard InChI is InChI=1S/C26H23ClN4O/c1-18-23(26(32)29-15-6-10-19-8-3-2-4-9-19)24(20-11-5-13-22(27)16-20)31-25(30-18)21-12-7-14-28-17-21/h2-14,16-17,24H,15H2,1H3,(H,29,32)(H,30,31). The molecule has 2 N–H and O–H groups in total. The van der Waals surface area contributed by atoms with Gasteiger partial charge in [-0.15, -0.1) is 0 Å². The number of halogens is 1. The van der Waals surface area contributed by atoms with E-state index in [1.807, 2.05) is 85.8 Å². The van der Waals surface area contributed by atoms with Crippen LogP contribution in [-0.2, 0) is 4.79 Å². The predicted molar refractivity (Wildman–Crippen MR) is 129 cm³/mol. The van der Waals surface area contributed by atoms with E-state index < -0.39 is 6.04 Å². The van der Waals surface area contributed by atoms with E-state index in [0.717, 1.165) is 22.4 Å². The summed E-state index contributed by atoms with van der Waals surface area (Å²) in [5.41, 5.74) is 4.09. The quantitative estimate of drug-likeness (QED) is 0.568. The minimum absolute atomic E-state index is 0.174. The highest BCUT2D eigenvalue weighted by Gasteiger charge is 2.29. The molecule has 6 heteroatoms. The van der Waals surface area contributed by atoms with Crippen molar-refractivity contribution in [2.75, 3.05) is 6.54 Å². The Balaban J connectivity index is 1.59. The highest BCUT2D eigenvalue weighted by atomic mass is 35.5. The number of aromatic nitrogens is 1. The van der Waals surface area contributed by atoms with Gasteiger partial charge in [-0.1, -0.05) is 66.2 Å². The van der Waals surface area contributed by atoms with Crippen molar-refractivity contribution in [3.63, 3.8) is 0 Å². The van der Waals surface area contributed by atoms with Gasteiger partial charge in [-0.3, -0.25) is 14.8 Å². The first-order chi connectivity index (χ1) is 15.6. The zero-order valence-electron chi connectivity index (χ0n) is 17.6. The van der Waals surface area contributed by atoms with Crippen LogP contribution in [0.25, 0.3) is 6.08 Å².